The van der Waals surface area contributed by atoms with E-state index in [0.717, 1.165) is 47.8 Å². The van der Waals surface area contributed by atoms with Crippen LogP contribution in [0.3, 0.4) is 0 Å². The van der Waals surface area contributed by atoms with Gasteiger partial charge in [0.2, 0.25) is 0 Å². The quantitative estimate of drug-likeness (QED) is 0.505. The van der Waals surface area contributed by atoms with Crippen molar-refractivity contribution in [1.29, 1.82) is 0 Å². The van der Waals surface area contributed by atoms with Crippen LogP contribution in [0, 0.1) is 58.7 Å². The molecule has 0 aliphatic heterocycles. The van der Waals surface area contributed by atoms with Gasteiger partial charge in [0.25, 0.3) is 0 Å². The molecule has 0 bridgehead atoms. The topological polar surface area (TPSA) is 40.5 Å². The fourth-order valence-electron chi connectivity index (χ4n) is 9.24. The number of rotatable bonds is 6. The average molecular weight is 419 g/mol. The smallest absolute Gasteiger partial charge is 0.0563 e. The Morgan fingerprint density at radius 1 is 0.800 bits per heavy atom. The first kappa shape index (κ1) is 23.1. The molecule has 0 radical (unpaired) electrons. The number of hydrogen-bond donors (Lipinski definition) is 2. The van der Waals surface area contributed by atoms with Crippen LogP contribution in [0.5, 0.6) is 0 Å². The van der Waals surface area contributed by atoms with Gasteiger partial charge in [-0.3, -0.25) is 0 Å². The number of aliphatic hydroxyl groups excluding tert-OH is 2. The summed E-state index contributed by atoms with van der Waals surface area (Å²) in [5, 5.41) is 20.6. The van der Waals surface area contributed by atoms with Gasteiger partial charge in [0, 0.05) is 0 Å². The zero-order valence-electron chi connectivity index (χ0n) is 20.5. The molecule has 4 fully saturated rings. The van der Waals surface area contributed by atoms with Crippen molar-refractivity contribution in [3.63, 3.8) is 0 Å². The van der Waals surface area contributed by atoms with Crippen LogP contribution >= 0.6 is 0 Å². The van der Waals surface area contributed by atoms with Crippen molar-refractivity contribution >= 4 is 0 Å². The summed E-state index contributed by atoms with van der Waals surface area (Å²) in [6.07, 6.45) is 14.6. The van der Waals surface area contributed by atoms with E-state index < -0.39 is 0 Å². The number of hydrogen-bond acceptors (Lipinski definition) is 2. The minimum atomic E-state index is -0.128. The van der Waals surface area contributed by atoms with Gasteiger partial charge < -0.3 is 10.2 Å². The lowest BCUT2D eigenvalue weighted by Gasteiger charge is -2.57. The van der Waals surface area contributed by atoms with Gasteiger partial charge in [-0.05, 0) is 136 Å². The first-order chi connectivity index (χ1) is 14.2. The Kier molecular flexibility index (Phi) is 6.96. The zero-order chi connectivity index (χ0) is 21.6. The standard InChI is InChI=1S/C28H50O2/c1-17(2)27(30)13-6-18(3)25-11-12-26-23-10-9-20-7-8-21(19(4)29)16-24(20)22(23)14-15-28(25,26)5/h17-27,29-30H,6-16H2,1-5H3/t18-,19?,20-,21?,22+,23-,24+,25-,26+,27?,28-/m1/s1. The molecule has 11 atom stereocenters. The Morgan fingerprint density at radius 2 is 1.53 bits per heavy atom. The normalized spacial score (nSPS) is 46.6. The van der Waals surface area contributed by atoms with E-state index >= 15 is 0 Å². The van der Waals surface area contributed by atoms with Gasteiger partial charge >= 0.3 is 0 Å². The highest BCUT2D eigenvalue weighted by Crippen LogP contribution is 2.65. The third-order valence-corrected chi connectivity index (χ3v) is 11.1. The minimum absolute atomic E-state index is 0.113. The fraction of sp³-hybridized carbons (Fsp3) is 1.00. The van der Waals surface area contributed by atoms with E-state index in [0.29, 0.717) is 17.3 Å². The first-order valence-electron chi connectivity index (χ1n) is 13.6. The molecule has 4 saturated carbocycles. The molecular formula is C28H50O2. The Hall–Kier alpha value is -0.0800. The Bertz CT molecular complexity index is 571. The van der Waals surface area contributed by atoms with Crippen LogP contribution in [-0.4, -0.2) is 22.4 Å². The van der Waals surface area contributed by atoms with Crippen LogP contribution in [0.1, 0.15) is 105 Å². The molecule has 4 aliphatic rings. The SMILES string of the molecule is CC(C)C(O)CC[C@@H](C)[C@H]1CC[C@H]2[C@@H]3CC[C@H]4CCC(C(C)O)C[C@@H]4[C@H]3CC[C@]12C. The summed E-state index contributed by atoms with van der Waals surface area (Å²) >= 11 is 0. The maximum atomic E-state index is 10.3. The van der Waals surface area contributed by atoms with Gasteiger partial charge in [-0.15, -0.1) is 0 Å². The van der Waals surface area contributed by atoms with E-state index in [1.165, 1.54) is 64.2 Å². The van der Waals surface area contributed by atoms with Gasteiger partial charge in [0.1, 0.15) is 0 Å². The third-order valence-electron chi connectivity index (χ3n) is 11.1. The van der Waals surface area contributed by atoms with E-state index in [-0.39, 0.29) is 12.2 Å². The second-order valence-corrected chi connectivity index (χ2v) is 12.8. The summed E-state index contributed by atoms with van der Waals surface area (Å²) < 4.78 is 0. The van der Waals surface area contributed by atoms with E-state index in [2.05, 4.69) is 27.7 Å². The minimum Gasteiger partial charge on any atom is -0.393 e. The Labute approximate surface area is 186 Å². The number of aliphatic hydroxyl groups is 2. The molecule has 0 aromatic carbocycles. The van der Waals surface area contributed by atoms with Crippen molar-refractivity contribution < 1.29 is 10.2 Å². The van der Waals surface area contributed by atoms with Crippen LogP contribution in [0.25, 0.3) is 0 Å². The highest BCUT2D eigenvalue weighted by molar-refractivity contribution is 5.07. The van der Waals surface area contributed by atoms with Gasteiger partial charge in [0.15, 0.2) is 0 Å². The van der Waals surface area contributed by atoms with Crippen molar-refractivity contribution in [2.24, 2.45) is 58.7 Å². The van der Waals surface area contributed by atoms with Crippen LogP contribution < -0.4 is 0 Å². The van der Waals surface area contributed by atoms with Crippen LogP contribution in [0.2, 0.25) is 0 Å². The molecule has 30 heavy (non-hydrogen) atoms. The second kappa shape index (κ2) is 9.05. The molecule has 2 nitrogen and oxygen atoms in total. The molecule has 0 amide bonds. The zero-order valence-corrected chi connectivity index (χ0v) is 20.5. The fourth-order valence-corrected chi connectivity index (χ4v) is 9.24. The van der Waals surface area contributed by atoms with E-state index in [1.807, 2.05) is 6.92 Å². The lowest BCUT2D eigenvalue weighted by Crippen LogP contribution is -2.49. The highest BCUT2D eigenvalue weighted by Gasteiger charge is 2.57. The molecule has 0 heterocycles. The summed E-state index contributed by atoms with van der Waals surface area (Å²) in [5.41, 5.74) is 0.536. The van der Waals surface area contributed by atoms with E-state index in [1.54, 1.807) is 0 Å². The summed E-state index contributed by atoms with van der Waals surface area (Å²) in [7, 11) is 0. The van der Waals surface area contributed by atoms with Crippen molar-refractivity contribution in [2.45, 2.75) is 117 Å². The predicted octanol–water partition coefficient (Wildman–Crippen LogP) is 6.69. The van der Waals surface area contributed by atoms with Crippen LogP contribution in [0.4, 0.5) is 0 Å². The van der Waals surface area contributed by atoms with Crippen molar-refractivity contribution in [3.05, 3.63) is 0 Å². The van der Waals surface area contributed by atoms with Crippen LogP contribution in [-0.2, 0) is 0 Å². The molecule has 0 aromatic rings. The van der Waals surface area contributed by atoms with Crippen molar-refractivity contribution in [3.8, 4) is 0 Å². The van der Waals surface area contributed by atoms with Gasteiger partial charge in [-0.2, -0.15) is 0 Å². The number of fused-ring (bicyclic) bond motifs is 5. The molecule has 2 N–H and O–H groups in total. The Balaban J connectivity index is 1.43. The molecule has 4 aliphatic carbocycles. The third kappa shape index (κ3) is 4.14. The van der Waals surface area contributed by atoms with E-state index in [9.17, 15) is 10.2 Å². The Morgan fingerprint density at radius 3 is 2.23 bits per heavy atom. The van der Waals surface area contributed by atoms with E-state index in [4.69, 9.17) is 0 Å². The molecule has 2 heteroatoms. The summed E-state index contributed by atoms with van der Waals surface area (Å²) in [6.45, 7) is 11.5. The lowest BCUT2D eigenvalue weighted by molar-refractivity contribution is -0.0829. The van der Waals surface area contributed by atoms with Gasteiger partial charge in [-0.25, -0.2) is 0 Å². The maximum absolute atomic E-state index is 10.3. The first-order valence-corrected chi connectivity index (χ1v) is 13.6. The molecule has 4 rings (SSSR count). The molecular weight excluding hydrogens is 368 g/mol. The van der Waals surface area contributed by atoms with Gasteiger partial charge in [0.05, 0.1) is 12.2 Å². The van der Waals surface area contributed by atoms with Crippen LogP contribution in [0.15, 0.2) is 0 Å². The molecule has 3 unspecified atom stereocenters. The maximum Gasteiger partial charge on any atom is 0.0563 e. The lowest BCUT2D eigenvalue weighted by atomic mass is 9.48. The summed E-state index contributed by atoms with van der Waals surface area (Å²) in [4.78, 5) is 0. The molecule has 0 aromatic heterocycles. The second-order valence-electron chi connectivity index (χ2n) is 12.8. The molecule has 174 valence electrons. The molecule has 0 spiro atoms. The monoisotopic (exact) mass is 418 g/mol. The van der Waals surface area contributed by atoms with Gasteiger partial charge in [-0.1, -0.05) is 27.7 Å². The average Bonchev–Trinajstić information content (AvgIpc) is 3.08. The largest absolute Gasteiger partial charge is 0.393 e. The summed E-state index contributed by atoms with van der Waals surface area (Å²) in [6, 6.07) is 0. The summed E-state index contributed by atoms with van der Waals surface area (Å²) in [5.74, 6) is 7.24. The molecule has 0 saturated heterocycles. The highest BCUT2D eigenvalue weighted by atomic mass is 16.3. The van der Waals surface area contributed by atoms with Crippen molar-refractivity contribution in [1.82, 2.24) is 0 Å². The van der Waals surface area contributed by atoms with Crippen molar-refractivity contribution in [2.75, 3.05) is 0 Å². The predicted molar refractivity (Wildman–Crippen MR) is 125 cm³/mol.